The molecule has 0 fully saturated rings. The SMILES string of the molecule is CC(C)c1nnsc1CNC(=O)c1nc2ccc(Cl)cn2c1F. The zero-order valence-corrected chi connectivity index (χ0v) is 14.0. The van der Waals surface area contributed by atoms with Crippen LogP contribution in [0.3, 0.4) is 0 Å². The number of amides is 1. The molecular weight excluding hydrogens is 341 g/mol. The molecule has 3 aromatic rings. The fourth-order valence-electron chi connectivity index (χ4n) is 2.16. The smallest absolute Gasteiger partial charge is 0.274 e. The van der Waals surface area contributed by atoms with Gasteiger partial charge in [-0.15, -0.1) is 5.10 Å². The molecular formula is C14H13ClFN5OS. The molecule has 3 rings (SSSR count). The highest BCUT2D eigenvalue weighted by atomic mass is 35.5. The summed E-state index contributed by atoms with van der Waals surface area (Å²) in [6, 6.07) is 3.13. The van der Waals surface area contributed by atoms with Crippen molar-refractivity contribution in [3.05, 3.63) is 45.6 Å². The van der Waals surface area contributed by atoms with Gasteiger partial charge in [-0.1, -0.05) is 29.9 Å². The Morgan fingerprint density at radius 1 is 1.48 bits per heavy atom. The Morgan fingerprint density at radius 2 is 2.26 bits per heavy atom. The Bertz CT molecular complexity index is 875. The van der Waals surface area contributed by atoms with Gasteiger partial charge in [0.2, 0.25) is 5.95 Å². The van der Waals surface area contributed by atoms with E-state index in [2.05, 4.69) is 19.9 Å². The van der Waals surface area contributed by atoms with E-state index in [1.165, 1.54) is 17.7 Å². The summed E-state index contributed by atoms with van der Waals surface area (Å²) in [5, 5.41) is 7.05. The second-order valence-electron chi connectivity index (χ2n) is 5.25. The van der Waals surface area contributed by atoms with E-state index in [0.717, 1.165) is 15.0 Å². The molecule has 1 N–H and O–H groups in total. The molecule has 0 bridgehead atoms. The molecule has 9 heteroatoms. The van der Waals surface area contributed by atoms with Gasteiger partial charge in [-0.05, 0) is 29.6 Å². The quantitative estimate of drug-likeness (QED) is 0.782. The van der Waals surface area contributed by atoms with Gasteiger partial charge in [0.15, 0.2) is 5.69 Å². The standard InChI is InChI=1S/C14H13ClFN5OS/c1-7(2)11-9(23-20-19-11)5-17-14(22)12-13(16)21-6-8(15)3-4-10(21)18-12/h3-4,6-7H,5H2,1-2H3,(H,17,22). The van der Waals surface area contributed by atoms with Crippen LogP contribution in [-0.4, -0.2) is 24.9 Å². The minimum Gasteiger partial charge on any atom is -0.346 e. The number of nitrogens with zero attached hydrogens (tertiary/aromatic N) is 4. The first-order valence-corrected chi connectivity index (χ1v) is 8.05. The number of rotatable bonds is 4. The van der Waals surface area contributed by atoms with Crippen molar-refractivity contribution in [1.29, 1.82) is 0 Å². The first kappa shape index (κ1) is 15.8. The van der Waals surface area contributed by atoms with E-state index in [1.54, 1.807) is 12.1 Å². The fourth-order valence-corrected chi connectivity index (χ4v) is 3.05. The number of halogens is 2. The van der Waals surface area contributed by atoms with E-state index in [0.29, 0.717) is 10.7 Å². The predicted molar refractivity (Wildman–Crippen MR) is 85.3 cm³/mol. The topological polar surface area (TPSA) is 72.2 Å². The van der Waals surface area contributed by atoms with Crippen molar-refractivity contribution >= 4 is 34.7 Å². The number of carbonyl (C=O) groups is 1. The van der Waals surface area contributed by atoms with Crippen LogP contribution in [0.15, 0.2) is 18.3 Å². The largest absolute Gasteiger partial charge is 0.346 e. The van der Waals surface area contributed by atoms with Crippen LogP contribution < -0.4 is 5.32 Å². The zero-order chi connectivity index (χ0) is 16.6. The van der Waals surface area contributed by atoms with Crippen molar-refractivity contribution in [2.24, 2.45) is 0 Å². The fraction of sp³-hybridized carbons (Fsp3) is 0.286. The van der Waals surface area contributed by atoms with Gasteiger partial charge in [-0.2, -0.15) is 4.39 Å². The van der Waals surface area contributed by atoms with Gasteiger partial charge >= 0.3 is 0 Å². The van der Waals surface area contributed by atoms with Crippen molar-refractivity contribution < 1.29 is 9.18 Å². The molecule has 0 saturated heterocycles. The number of hydrogen-bond donors (Lipinski definition) is 1. The van der Waals surface area contributed by atoms with E-state index >= 15 is 0 Å². The van der Waals surface area contributed by atoms with Gasteiger partial charge < -0.3 is 5.32 Å². The number of imidazole rings is 1. The van der Waals surface area contributed by atoms with E-state index in [1.807, 2.05) is 13.8 Å². The van der Waals surface area contributed by atoms with E-state index in [-0.39, 0.29) is 18.2 Å². The summed E-state index contributed by atoms with van der Waals surface area (Å²) in [6.07, 6.45) is 1.37. The molecule has 0 radical (unpaired) electrons. The first-order chi connectivity index (χ1) is 11.0. The van der Waals surface area contributed by atoms with Gasteiger partial charge in [-0.25, -0.2) is 4.98 Å². The molecule has 0 saturated carbocycles. The van der Waals surface area contributed by atoms with Gasteiger partial charge in [0.1, 0.15) is 5.65 Å². The highest BCUT2D eigenvalue weighted by Gasteiger charge is 2.20. The Labute approximate surface area is 140 Å². The first-order valence-electron chi connectivity index (χ1n) is 6.89. The van der Waals surface area contributed by atoms with Crippen molar-refractivity contribution in [2.75, 3.05) is 0 Å². The summed E-state index contributed by atoms with van der Waals surface area (Å²) in [5.74, 6) is -1.13. The molecule has 6 nitrogen and oxygen atoms in total. The molecule has 120 valence electrons. The Morgan fingerprint density at radius 3 is 3.00 bits per heavy atom. The monoisotopic (exact) mass is 353 g/mol. The summed E-state index contributed by atoms with van der Waals surface area (Å²) in [7, 11) is 0. The summed E-state index contributed by atoms with van der Waals surface area (Å²) < 4.78 is 19.3. The Hall–Kier alpha value is -2.06. The van der Waals surface area contributed by atoms with Crippen LogP contribution in [0.25, 0.3) is 5.65 Å². The van der Waals surface area contributed by atoms with Crippen LogP contribution in [0.5, 0.6) is 0 Å². The molecule has 3 aromatic heterocycles. The molecule has 23 heavy (non-hydrogen) atoms. The Balaban J connectivity index is 1.81. The molecule has 0 aliphatic heterocycles. The van der Waals surface area contributed by atoms with Crippen LogP contribution >= 0.6 is 23.1 Å². The third kappa shape index (κ3) is 3.04. The van der Waals surface area contributed by atoms with Crippen LogP contribution in [0.1, 0.15) is 40.8 Å². The minimum atomic E-state index is -0.744. The van der Waals surface area contributed by atoms with Crippen LogP contribution in [0, 0.1) is 5.95 Å². The lowest BCUT2D eigenvalue weighted by Crippen LogP contribution is -2.24. The summed E-state index contributed by atoms with van der Waals surface area (Å²) >= 11 is 7.04. The lowest BCUT2D eigenvalue weighted by Gasteiger charge is -2.05. The van der Waals surface area contributed by atoms with Gasteiger partial charge in [0, 0.05) is 6.20 Å². The molecule has 0 aliphatic carbocycles. The van der Waals surface area contributed by atoms with E-state index < -0.39 is 11.9 Å². The van der Waals surface area contributed by atoms with Crippen LogP contribution in [-0.2, 0) is 6.54 Å². The number of carbonyl (C=O) groups excluding carboxylic acids is 1. The van der Waals surface area contributed by atoms with Gasteiger partial charge in [0.25, 0.3) is 5.91 Å². The molecule has 0 spiro atoms. The maximum Gasteiger partial charge on any atom is 0.274 e. The molecule has 0 aliphatic rings. The average molecular weight is 354 g/mol. The maximum atomic E-state index is 14.3. The lowest BCUT2D eigenvalue weighted by atomic mass is 10.1. The number of aromatic nitrogens is 4. The van der Waals surface area contributed by atoms with E-state index in [9.17, 15) is 9.18 Å². The molecule has 0 aromatic carbocycles. The summed E-state index contributed by atoms with van der Waals surface area (Å²) in [5.41, 5.74) is 0.882. The minimum absolute atomic E-state index is 0.203. The van der Waals surface area contributed by atoms with Crippen molar-refractivity contribution in [2.45, 2.75) is 26.3 Å². The van der Waals surface area contributed by atoms with Crippen molar-refractivity contribution in [3.63, 3.8) is 0 Å². The van der Waals surface area contributed by atoms with Crippen LogP contribution in [0.4, 0.5) is 4.39 Å². The van der Waals surface area contributed by atoms with E-state index in [4.69, 9.17) is 11.6 Å². The number of pyridine rings is 1. The molecule has 0 unspecified atom stereocenters. The summed E-state index contributed by atoms with van der Waals surface area (Å²) in [6.45, 7) is 4.22. The van der Waals surface area contributed by atoms with Crippen molar-refractivity contribution in [3.8, 4) is 0 Å². The number of hydrogen-bond acceptors (Lipinski definition) is 5. The van der Waals surface area contributed by atoms with Gasteiger partial charge in [0.05, 0.1) is 22.1 Å². The molecule has 1 amide bonds. The zero-order valence-electron chi connectivity index (χ0n) is 12.4. The van der Waals surface area contributed by atoms with Crippen molar-refractivity contribution in [1.82, 2.24) is 24.3 Å². The molecule has 3 heterocycles. The predicted octanol–water partition coefficient (Wildman–Crippen LogP) is 3.03. The lowest BCUT2D eigenvalue weighted by molar-refractivity contribution is 0.0942. The third-order valence-corrected chi connectivity index (χ3v) is 4.24. The highest BCUT2D eigenvalue weighted by molar-refractivity contribution is 7.05. The number of nitrogens with one attached hydrogen (secondary N) is 1. The second-order valence-corrected chi connectivity index (χ2v) is 6.52. The Kier molecular flexibility index (Phi) is 4.27. The maximum absolute atomic E-state index is 14.3. The summed E-state index contributed by atoms with van der Waals surface area (Å²) in [4.78, 5) is 17.0. The van der Waals surface area contributed by atoms with Gasteiger partial charge in [-0.3, -0.25) is 9.20 Å². The second kappa shape index (κ2) is 6.21. The number of fused-ring (bicyclic) bond motifs is 1. The average Bonchev–Trinajstić information content (AvgIpc) is 3.10. The van der Waals surface area contributed by atoms with Crippen LogP contribution in [0.2, 0.25) is 5.02 Å². The normalized spacial score (nSPS) is 11.3. The molecule has 0 atom stereocenters. The third-order valence-electron chi connectivity index (χ3n) is 3.28. The highest BCUT2D eigenvalue weighted by Crippen LogP contribution is 2.20.